The molecule has 2 fully saturated rings. The van der Waals surface area contributed by atoms with Crippen LogP contribution in [-0.4, -0.2) is 111 Å². The van der Waals surface area contributed by atoms with Gasteiger partial charge in [-0.3, -0.25) is 19.4 Å². The first-order valence-corrected chi connectivity index (χ1v) is 8.51. The van der Waals surface area contributed by atoms with Crippen LogP contribution in [0.25, 0.3) is 0 Å². The van der Waals surface area contributed by atoms with E-state index in [9.17, 15) is 9.59 Å². The summed E-state index contributed by atoms with van der Waals surface area (Å²) in [5, 5.41) is 8.57. The highest BCUT2D eigenvalue weighted by Gasteiger charge is 2.24. The largest absolute Gasteiger partial charge is 0.378 e. The molecule has 2 amide bonds. The Morgan fingerprint density at radius 2 is 1.62 bits per heavy atom. The molecule has 0 N–H and O–H groups in total. The highest BCUT2D eigenvalue weighted by molar-refractivity contribution is 5.78. The Bertz CT molecular complexity index is 465. The Labute approximate surface area is 143 Å². The average molecular weight is 337 g/mol. The molecule has 0 saturated carbocycles. The van der Waals surface area contributed by atoms with Crippen molar-refractivity contribution in [3.8, 4) is 6.07 Å². The fourth-order valence-electron chi connectivity index (χ4n) is 2.86. The molecule has 0 unspecified atom stereocenters. The lowest BCUT2D eigenvalue weighted by Crippen LogP contribution is -2.53. The summed E-state index contributed by atoms with van der Waals surface area (Å²) < 4.78 is 5.27. The first-order chi connectivity index (χ1) is 11.6. The summed E-state index contributed by atoms with van der Waals surface area (Å²) in [6.07, 6.45) is 0.361. The van der Waals surface area contributed by atoms with Gasteiger partial charge in [0.2, 0.25) is 11.8 Å². The van der Waals surface area contributed by atoms with Crippen molar-refractivity contribution in [3.05, 3.63) is 0 Å². The quantitative estimate of drug-likeness (QED) is 0.608. The summed E-state index contributed by atoms with van der Waals surface area (Å²) in [6, 6.07) is 2.05. The molecule has 0 aromatic heterocycles. The minimum atomic E-state index is 0.0445. The minimum absolute atomic E-state index is 0.0445. The predicted octanol–water partition coefficient (Wildman–Crippen LogP) is -1.17. The van der Waals surface area contributed by atoms with Crippen LogP contribution in [0.4, 0.5) is 0 Å². The van der Waals surface area contributed by atoms with Crippen LogP contribution in [0.5, 0.6) is 0 Å². The van der Waals surface area contributed by atoms with Crippen LogP contribution in [0, 0.1) is 11.3 Å². The van der Waals surface area contributed by atoms with Crippen LogP contribution in [-0.2, 0) is 14.3 Å². The molecule has 2 aliphatic rings. The van der Waals surface area contributed by atoms with Gasteiger partial charge in [-0.15, -0.1) is 0 Å². The van der Waals surface area contributed by atoms with Crippen molar-refractivity contribution in [2.24, 2.45) is 0 Å². The van der Waals surface area contributed by atoms with Gasteiger partial charge in [0.1, 0.15) is 0 Å². The lowest BCUT2D eigenvalue weighted by Gasteiger charge is -2.36. The topological polar surface area (TPSA) is 80.1 Å². The highest BCUT2D eigenvalue weighted by Crippen LogP contribution is 2.05. The molecule has 0 aromatic carbocycles. The third kappa shape index (κ3) is 5.74. The number of carbonyl (C=O) groups is 2. The van der Waals surface area contributed by atoms with Gasteiger partial charge < -0.3 is 14.5 Å². The summed E-state index contributed by atoms with van der Waals surface area (Å²) in [5.74, 6) is 0.210. The molecule has 0 aromatic rings. The molecule has 0 bridgehead atoms. The Morgan fingerprint density at radius 3 is 2.21 bits per heavy atom. The van der Waals surface area contributed by atoms with E-state index in [1.807, 2.05) is 4.90 Å². The van der Waals surface area contributed by atoms with E-state index in [2.05, 4.69) is 15.9 Å². The first kappa shape index (κ1) is 18.6. The normalized spacial score (nSPS) is 19.8. The van der Waals surface area contributed by atoms with Crippen molar-refractivity contribution in [1.29, 1.82) is 5.26 Å². The number of carbonyl (C=O) groups excluding carboxylic acids is 2. The standard InChI is InChI=1S/C16H27N5O3/c1-18(4-2-3-17)15(22)13-19-5-7-20(8-6-19)14-16(23)21-9-11-24-12-10-21/h2,4-14H2,1H3. The van der Waals surface area contributed by atoms with E-state index < -0.39 is 0 Å². The van der Waals surface area contributed by atoms with E-state index in [1.165, 1.54) is 0 Å². The number of hydrogen-bond donors (Lipinski definition) is 0. The second-order valence-corrected chi connectivity index (χ2v) is 6.27. The maximum absolute atomic E-state index is 12.2. The SMILES string of the molecule is CN(CCC#N)C(=O)CN1CCN(CC(=O)N2CCOCC2)CC1. The van der Waals surface area contributed by atoms with Crippen LogP contribution in [0.2, 0.25) is 0 Å². The zero-order valence-corrected chi connectivity index (χ0v) is 14.4. The second kappa shape index (κ2) is 9.57. The van der Waals surface area contributed by atoms with E-state index in [0.29, 0.717) is 52.4 Å². The zero-order chi connectivity index (χ0) is 17.4. The number of rotatable bonds is 6. The lowest BCUT2D eigenvalue weighted by molar-refractivity contribution is -0.137. The number of piperazine rings is 1. The highest BCUT2D eigenvalue weighted by atomic mass is 16.5. The molecule has 2 heterocycles. The van der Waals surface area contributed by atoms with Crippen LogP contribution in [0.3, 0.4) is 0 Å². The van der Waals surface area contributed by atoms with Crippen molar-refractivity contribution >= 4 is 11.8 Å². The first-order valence-electron chi connectivity index (χ1n) is 8.51. The molecule has 24 heavy (non-hydrogen) atoms. The number of ether oxygens (including phenoxy) is 1. The van der Waals surface area contributed by atoms with E-state index in [1.54, 1.807) is 11.9 Å². The predicted molar refractivity (Wildman–Crippen MR) is 88.1 cm³/mol. The van der Waals surface area contributed by atoms with Gasteiger partial charge in [-0.1, -0.05) is 0 Å². The van der Waals surface area contributed by atoms with E-state index in [4.69, 9.17) is 10.00 Å². The van der Waals surface area contributed by atoms with E-state index in [0.717, 1.165) is 26.2 Å². The average Bonchev–Trinajstić information content (AvgIpc) is 2.62. The van der Waals surface area contributed by atoms with Crippen molar-refractivity contribution in [3.63, 3.8) is 0 Å². The molecule has 8 nitrogen and oxygen atoms in total. The number of nitrogens with zero attached hydrogens (tertiary/aromatic N) is 5. The molecule has 0 atom stereocenters. The van der Waals surface area contributed by atoms with Crippen LogP contribution < -0.4 is 0 Å². The number of nitriles is 1. The van der Waals surface area contributed by atoms with Crippen LogP contribution in [0.1, 0.15) is 6.42 Å². The van der Waals surface area contributed by atoms with Gasteiger partial charge in [-0.25, -0.2) is 0 Å². The van der Waals surface area contributed by atoms with Gasteiger partial charge in [0.15, 0.2) is 0 Å². The van der Waals surface area contributed by atoms with Crippen molar-refractivity contribution in [2.75, 3.05) is 79.2 Å². The zero-order valence-electron chi connectivity index (χ0n) is 14.4. The summed E-state index contributed by atoms with van der Waals surface area (Å²) in [6.45, 7) is 7.09. The molecular formula is C16H27N5O3. The molecule has 2 saturated heterocycles. The fourth-order valence-corrected chi connectivity index (χ4v) is 2.86. The van der Waals surface area contributed by atoms with E-state index >= 15 is 0 Å². The van der Waals surface area contributed by atoms with Crippen molar-refractivity contribution in [2.45, 2.75) is 6.42 Å². The third-order valence-electron chi connectivity index (χ3n) is 4.53. The van der Waals surface area contributed by atoms with Gasteiger partial charge in [-0.05, 0) is 0 Å². The second-order valence-electron chi connectivity index (χ2n) is 6.27. The van der Waals surface area contributed by atoms with Gasteiger partial charge in [0.25, 0.3) is 0 Å². The van der Waals surface area contributed by atoms with Gasteiger partial charge in [0.05, 0.1) is 38.8 Å². The molecule has 0 radical (unpaired) electrons. The summed E-state index contributed by atoms with van der Waals surface area (Å²) in [5.41, 5.74) is 0. The van der Waals surface area contributed by atoms with Gasteiger partial charge >= 0.3 is 0 Å². The Morgan fingerprint density at radius 1 is 1.04 bits per heavy atom. The van der Waals surface area contributed by atoms with Gasteiger partial charge in [0, 0.05) is 52.9 Å². The summed E-state index contributed by atoms with van der Waals surface area (Å²) in [4.78, 5) is 32.1. The molecule has 8 heteroatoms. The Balaban J connectivity index is 1.66. The number of likely N-dealkylation sites (N-methyl/N-ethyl adjacent to an activating group) is 1. The van der Waals surface area contributed by atoms with Crippen LogP contribution >= 0.6 is 0 Å². The van der Waals surface area contributed by atoms with Crippen molar-refractivity contribution < 1.29 is 14.3 Å². The Hall–Kier alpha value is -1.69. The lowest BCUT2D eigenvalue weighted by atomic mass is 10.3. The van der Waals surface area contributed by atoms with Crippen molar-refractivity contribution in [1.82, 2.24) is 19.6 Å². The monoisotopic (exact) mass is 337 g/mol. The molecule has 134 valence electrons. The van der Waals surface area contributed by atoms with Gasteiger partial charge in [-0.2, -0.15) is 5.26 Å². The third-order valence-corrected chi connectivity index (χ3v) is 4.53. The minimum Gasteiger partial charge on any atom is -0.378 e. The molecular weight excluding hydrogens is 310 g/mol. The van der Waals surface area contributed by atoms with Crippen LogP contribution in [0.15, 0.2) is 0 Å². The molecule has 2 rings (SSSR count). The number of hydrogen-bond acceptors (Lipinski definition) is 6. The maximum Gasteiger partial charge on any atom is 0.236 e. The number of amides is 2. The Kier molecular flexibility index (Phi) is 7.43. The molecule has 0 spiro atoms. The summed E-state index contributed by atoms with van der Waals surface area (Å²) in [7, 11) is 1.73. The summed E-state index contributed by atoms with van der Waals surface area (Å²) >= 11 is 0. The fraction of sp³-hybridized carbons (Fsp3) is 0.812. The molecule has 2 aliphatic heterocycles. The maximum atomic E-state index is 12.2. The smallest absolute Gasteiger partial charge is 0.236 e. The number of morpholine rings is 1. The van der Waals surface area contributed by atoms with E-state index in [-0.39, 0.29) is 11.8 Å². The molecule has 0 aliphatic carbocycles.